The smallest absolute Gasteiger partial charge is 0.150 e. The number of hydrogen-bond donors (Lipinski definition) is 1. The highest BCUT2D eigenvalue weighted by molar-refractivity contribution is 5.90. The minimum Gasteiger partial charge on any atom is -0.398 e. The van der Waals surface area contributed by atoms with E-state index in [9.17, 15) is 4.79 Å². The van der Waals surface area contributed by atoms with Crippen LogP contribution < -0.4 is 5.73 Å². The van der Waals surface area contributed by atoms with Gasteiger partial charge in [-0.3, -0.25) is 9.78 Å². The monoisotopic (exact) mass is 198 g/mol. The lowest BCUT2D eigenvalue weighted by Gasteiger charge is -2.06. The fourth-order valence-electron chi connectivity index (χ4n) is 1.48. The van der Waals surface area contributed by atoms with Crippen LogP contribution >= 0.6 is 0 Å². The van der Waals surface area contributed by atoms with Gasteiger partial charge in [-0.15, -0.1) is 0 Å². The van der Waals surface area contributed by atoms with Gasteiger partial charge < -0.3 is 5.73 Å². The van der Waals surface area contributed by atoms with Crippen molar-refractivity contribution in [1.29, 1.82) is 0 Å². The summed E-state index contributed by atoms with van der Waals surface area (Å²) in [6, 6.07) is 9.03. The first kappa shape index (κ1) is 9.40. The van der Waals surface area contributed by atoms with Crippen molar-refractivity contribution in [3.63, 3.8) is 0 Å². The van der Waals surface area contributed by atoms with Gasteiger partial charge in [-0.1, -0.05) is 24.3 Å². The molecule has 2 rings (SSSR count). The van der Waals surface area contributed by atoms with Crippen molar-refractivity contribution >= 4 is 12.0 Å². The Hall–Kier alpha value is -2.16. The van der Waals surface area contributed by atoms with Crippen molar-refractivity contribution in [2.75, 3.05) is 5.73 Å². The Kier molecular flexibility index (Phi) is 2.46. The van der Waals surface area contributed by atoms with Gasteiger partial charge in [0.2, 0.25) is 0 Å². The standard InChI is InChI=1S/C12H10N2O/c13-12-5-6-14-7-11(12)10-4-2-1-3-9(10)8-15/h1-8H,(H2,13,14). The molecule has 0 atom stereocenters. The first-order valence-corrected chi connectivity index (χ1v) is 4.57. The molecule has 2 aromatic rings. The van der Waals surface area contributed by atoms with Crippen LogP contribution in [0.5, 0.6) is 0 Å². The van der Waals surface area contributed by atoms with Gasteiger partial charge in [-0.25, -0.2) is 0 Å². The van der Waals surface area contributed by atoms with Crippen molar-refractivity contribution in [2.45, 2.75) is 0 Å². The number of pyridine rings is 1. The molecular formula is C12H10N2O. The summed E-state index contributed by atoms with van der Waals surface area (Å²) in [7, 11) is 0. The quantitative estimate of drug-likeness (QED) is 0.752. The van der Waals surface area contributed by atoms with E-state index in [1.54, 1.807) is 24.5 Å². The van der Waals surface area contributed by atoms with Crippen molar-refractivity contribution in [2.24, 2.45) is 0 Å². The van der Waals surface area contributed by atoms with Crippen LogP contribution in [0.4, 0.5) is 5.69 Å². The second-order valence-corrected chi connectivity index (χ2v) is 3.17. The van der Waals surface area contributed by atoms with E-state index in [2.05, 4.69) is 4.98 Å². The van der Waals surface area contributed by atoms with Gasteiger partial charge in [-0.2, -0.15) is 0 Å². The second kappa shape index (κ2) is 3.92. The minimum atomic E-state index is 0.622. The summed E-state index contributed by atoms with van der Waals surface area (Å²) in [6.45, 7) is 0. The van der Waals surface area contributed by atoms with Gasteiger partial charge in [0.05, 0.1) is 0 Å². The number of carbonyl (C=O) groups is 1. The second-order valence-electron chi connectivity index (χ2n) is 3.17. The highest BCUT2D eigenvalue weighted by atomic mass is 16.1. The van der Waals surface area contributed by atoms with Gasteiger partial charge in [0.25, 0.3) is 0 Å². The molecule has 1 aromatic carbocycles. The maximum Gasteiger partial charge on any atom is 0.150 e. The molecule has 0 aliphatic rings. The third kappa shape index (κ3) is 1.72. The molecule has 1 aromatic heterocycles. The van der Waals surface area contributed by atoms with Crippen molar-refractivity contribution in [3.8, 4) is 11.1 Å². The number of aromatic nitrogens is 1. The van der Waals surface area contributed by atoms with Gasteiger partial charge in [-0.05, 0) is 11.6 Å². The molecule has 0 unspecified atom stereocenters. The zero-order valence-corrected chi connectivity index (χ0v) is 8.05. The summed E-state index contributed by atoms with van der Waals surface area (Å²) in [5, 5.41) is 0. The number of benzene rings is 1. The summed E-state index contributed by atoms with van der Waals surface area (Å²) in [5.74, 6) is 0. The van der Waals surface area contributed by atoms with Crippen molar-refractivity contribution in [1.82, 2.24) is 4.98 Å². The number of rotatable bonds is 2. The number of nitrogens with zero attached hydrogens (tertiary/aromatic N) is 1. The van der Waals surface area contributed by atoms with Crippen LogP contribution in [0.1, 0.15) is 10.4 Å². The average Bonchev–Trinajstić information content (AvgIpc) is 2.30. The molecule has 0 aliphatic heterocycles. The SMILES string of the molecule is Nc1ccncc1-c1ccccc1C=O. The molecule has 0 fully saturated rings. The van der Waals surface area contributed by atoms with Crippen molar-refractivity contribution < 1.29 is 4.79 Å². The van der Waals surface area contributed by atoms with Gasteiger partial charge in [0.15, 0.2) is 6.29 Å². The van der Waals surface area contributed by atoms with Crippen LogP contribution in [0.2, 0.25) is 0 Å². The number of aldehydes is 1. The molecule has 0 saturated heterocycles. The zero-order chi connectivity index (χ0) is 10.7. The lowest BCUT2D eigenvalue weighted by atomic mass is 10.0. The summed E-state index contributed by atoms with van der Waals surface area (Å²) < 4.78 is 0. The van der Waals surface area contributed by atoms with E-state index >= 15 is 0 Å². The Morgan fingerprint density at radius 2 is 1.93 bits per heavy atom. The van der Waals surface area contributed by atoms with Gasteiger partial charge >= 0.3 is 0 Å². The molecule has 0 saturated carbocycles. The Bertz CT molecular complexity index is 494. The minimum absolute atomic E-state index is 0.622. The number of hydrogen-bond acceptors (Lipinski definition) is 3. The lowest BCUT2D eigenvalue weighted by Crippen LogP contribution is -1.93. The third-order valence-corrected chi connectivity index (χ3v) is 2.23. The molecule has 1 heterocycles. The van der Waals surface area contributed by atoms with Crippen LogP contribution in [-0.4, -0.2) is 11.3 Å². The van der Waals surface area contributed by atoms with Crippen molar-refractivity contribution in [3.05, 3.63) is 48.3 Å². The first-order valence-electron chi connectivity index (χ1n) is 4.57. The molecule has 3 heteroatoms. The molecule has 0 bridgehead atoms. The fourth-order valence-corrected chi connectivity index (χ4v) is 1.48. The normalized spacial score (nSPS) is 9.87. The summed E-state index contributed by atoms with van der Waals surface area (Å²) >= 11 is 0. The number of anilines is 1. The topological polar surface area (TPSA) is 56.0 Å². The Balaban J connectivity index is 2.64. The summed E-state index contributed by atoms with van der Waals surface area (Å²) in [4.78, 5) is 14.9. The number of nitrogen functional groups attached to an aromatic ring is 1. The van der Waals surface area contributed by atoms with E-state index in [0.29, 0.717) is 11.3 Å². The van der Waals surface area contributed by atoms with E-state index in [1.807, 2.05) is 18.2 Å². The van der Waals surface area contributed by atoms with Crippen LogP contribution in [0.3, 0.4) is 0 Å². The van der Waals surface area contributed by atoms with Crippen LogP contribution in [0, 0.1) is 0 Å². The average molecular weight is 198 g/mol. The fraction of sp³-hybridized carbons (Fsp3) is 0. The summed E-state index contributed by atoms with van der Waals surface area (Å²) in [6.07, 6.45) is 4.11. The predicted molar refractivity (Wildman–Crippen MR) is 59.5 cm³/mol. The lowest BCUT2D eigenvalue weighted by molar-refractivity contribution is 0.112. The first-order chi connectivity index (χ1) is 7.33. The highest BCUT2D eigenvalue weighted by Crippen LogP contribution is 2.26. The van der Waals surface area contributed by atoms with E-state index in [0.717, 1.165) is 17.4 Å². The molecule has 0 radical (unpaired) electrons. The zero-order valence-electron chi connectivity index (χ0n) is 8.05. The summed E-state index contributed by atoms with van der Waals surface area (Å²) in [5.41, 5.74) is 8.68. The molecule has 74 valence electrons. The van der Waals surface area contributed by atoms with E-state index < -0.39 is 0 Å². The molecule has 0 amide bonds. The van der Waals surface area contributed by atoms with Gasteiger partial charge in [0.1, 0.15) is 0 Å². The Morgan fingerprint density at radius 3 is 2.67 bits per heavy atom. The predicted octanol–water partition coefficient (Wildman–Crippen LogP) is 2.14. The van der Waals surface area contributed by atoms with E-state index in [4.69, 9.17) is 5.73 Å². The molecule has 0 aliphatic carbocycles. The molecular weight excluding hydrogens is 188 g/mol. The maximum absolute atomic E-state index is 10.9. The molecule has 2 N–H and O–H groups in total. The van der Waals surface area contributed by atoms with Crippen LogP contribution in [0.25, 0.3) is 11.1 Å². The van der Waals surface area contributed by atoms with Crippen LogP contribution in [0.15, 0.2) is 42.7 Å². The van der Waals surface area contributed by atoms with E-state index in [-0.39, 0.29) is 0 Å². The number of nitrogens with two attached hydrogens (primary N) is 1. The van der Waals surface area contributed by atoms with E-state index in [1.165, 1.54) is 0 Å². The largest absolute Gasteiger partial charge is 0.398 e. The Morgan fingerprint density at radius 1 is 1.13 bits per heavy atom. The Labute approximate surface area is 87.6 Å². The maximum atomic E-state index is 10.9. The van der Waals surface area contributed by atoms with Gasteiger partial charge in [0, 0.05) is 29.2 Å². The number of carbonyl (C=O) groups excluding carboxylic acids is 1. The molecule has 3 nitrogen and oxygen atoms in total. The third-order valence-electron chi connectivity index (χ3n) is 2.23. The molecule has 15 heavy (non-hydrogen) atoms. The molecule has 0 spiro atoms. The van der Waals surface area contributed by atoms with Crippen LogP contribution in [-0.2, 0) is 0 Å². The highest BCUT2D eigenvalue weighted by Gasteiger charge is 2.06.